The summed E-state index contributed by atoms with van der Waals surface area (Å²) in [5, 5.41) is 10.3. The summed E-state index contributed by atoms with van der Waals surface area (Å²) < 4.78 is 115. The molecule has 0 atom stereocenters. The zero-order valence-corrected chi connectivity index (χ0v) is 15.6. The van der Waals surface area contributed by atoms with Crippen molar-refractivity contribution in [1.82, 2.24) is 25.4 Å². The van der Waals surface area contributed by atoms with Gasteiger partial charge in [-0.3, -0.25) is 9.11 Å². The van der Waals surface area contributed by atoms with E-state index < -0.39 is 31.3 Å². The predicted octanol–water partition coefficient (Wildman–Crippen LogP) is 2.16. The minimum Gasteiger partial charge on any atom is -0.351 e. The van der Waals surface area contributed by atoms with Crippen molar-refractivity contribution < 1.29 is 52.3 Å². The molecule has 2 aromatic heterocycles. The molecular formula is C11H11F6N5O6S2. The average molecular weight is 487 g/mol. The first-order valence-electron chi connectivity index (χ1n) is 6.72. The van der Waals surface area contributed by atoms with Gasteiger partial charge in [-0.25, -0.2) is 4.98 Å². The van der Waals surface area contributed by atoms with Gasteiger partial charge in [0.1, 0.15) is 11.0 Å². The number of hydrogen-bond acceptors (Lipinski definition) is 7. The average Bonchev–Trinajstić information content (AvgIpc) is 3.27. The maximum Gasteiger partial charge on any atom is 0.522 e. The topological polar surface area (TPSA) is 179 Å². The number of alkyl halides is 6. The zero-order chi connectivity index (χ0) is 23.6. The number of hydrogen-bond donors (Lipinski definition) is 4. The molecule has 11 nitrogen and oxygen atoms in total. The summed E-state index contributed by atoms with van der Waals surface area (Å²) in [4.78, 5) is 6.42. The molecule has 0 aliphatic heterocycles. The van der Waals surface area contributed by atoms with Crippen LogP contribution in [0, 0.1) is 0 Å². The van der Waals surface area contributed by atoms with Crippen molar-refractivity contribution in [2.45, 2.75) is 11.0 Å². The molecule has 0 spiro atoms. The van der Waals surface area contributed by atoms with Crippen LogP contribution in [-0.4, -0.2) is 62.3 Å². The summed E-state index contributed by atoms with van der Waals surface area (Å²) in [7, 11) is -11.7. The molecule has 0 fully saturated rings. The van der Waals surface area contributed by atoms with Crippen LogP contribution in [0.4, 0.5) is 26.3 Å². The van der Waals surface area contributed by atoms with E-state index in [0.717, 1.165) is 11.0 Å². The smallest absolute Gasteiger partial charge is 0.351 e. The molecule has 30 heavy (non-hydrogen) atoms. The molecular weight excluding hydrogens is 476 g/mol. The van der Waals surface area contributed by atoms with Crippen molar-refractivity contribution in [2.75, 3.05) is 0 Å². The number of rotatable bonds is 0. The molecule has 3 rings (SSSR count). The van der Waals surface area contributed by atoms with Crippen LogP contribution >= 0.6 is 0 Å². The Morgan fingerprint density at radius 2 is 1.17 bits per heavy atom. The van der Waals surface area contributed by atoms with Crippen molar-refractivity contribution in [2.24, 2.45) is 0 Å². The highest BCUT2D eigenvalue weighted by molar-refractivity contribution is 7.86. The summed E-state index contributed by atoms with van der Waals surface area (Å²) in [6, 6.07) is 7.70. The summed E-state index contributed by atoms with van der Waals surface area (Å²) in [6.45, 7) is 0. The van der Waals surface area contributed by atoms with Gasteiger partial charge >= 0.3 is 31.3 Å². The Kier molecular flexibility index (Phi) is 9.85. The van der Waals surface area contributed by atoms with Gasteiger partial charge in [0, 0.05) is 12.4 Å². The van der Waals surface area contributed by atoms with Gasteiger partial charge in [0.15, 0.2) is 0 Å². The summed E-state index contributed by atoms with van der Waals surface area (Å²) in [6.07, 6.45) is 5.08. The lowest BCUT2D eigenvalue weighted by atomic mass is 10.3. The maximum atomic E-state index is 10.7. The first-order chi connectivity index (χ1) is 13.5. The number of aromatic amines is 2. The lowest BCUT2D eigenvalue weighted by Gasteiger charge is -1.97. The van der Waals surface area contributed by atoms with Crippen LogP contribution in [0.3, 0.4) is 0 Å². The maximum absolute atomic E-state index is 10.7. The van der Waals surface area contributed by atoms with E-state index in [1.165, 1.54) is 0 Å². The molecule has 2 heterocycles. The van der Waals surface area contributed by atoms with E-state index in [9.17, 15) is 26.3 Å². The second-order valence-electron chi connectivity index (χ2n) is 4.41. The van der Waals surface area contributed by atoms with Crippen LogP contribution < -0.4 is 0 Å². The fraction of sp³-hybridized carbons (Fsp3) is 0.182. The third kappa shape index (κ3) is 10.7. The number of benzene rings is 1. The zero-order valence-electron chi connectivity index (χ0n) is 14.0. The molecule has 3 aromatic rings. The molecule has 170 valence electrons. The lowest BCUT2D eigenvalue weighted by molar-refractivity contribution is -0.0514. The largest absolute Gasteiger partial charge is 0.522 e. The number of nitrogens with one attached hydrogen (secondary N) is 2. The van der Waals surface area contributed by atoms with E-state index in [1.54, 1.807) is 18.7 Å². The van der Waals surface area contributed by atoms with Gasteiger partial charge in [-0.15, -0.1) is 0 Å². The molecule has 19 heteroatoms. The molecule has 0 unspecified atom stereocenters. The van der Waals surface area contributed by atoms with E-state index in [0.29, 0.717) is 0 Å². The van der Waals surface area contributed by atoms with Gasteiger partial charge in [-0.05, 0) is 12.1 Å². The molecule has 0 bridgehead atoms. The first kappa shape index (κ1) is 27.2. The Balaban J connectivity index is 0.000000381. The van der Waals surface area contributed by atoms with Crippen molar-refractivity contribution in [3.8, 4) is 0 Å². The van der Waals surface area contributed by atoms with E-state index in [-0.39, 0.29) is 0 Å². The van der Waals surface area contributed by atoms with Crippen LogP contribution in [0.25, 0.3) is 11.0 Å². The van der Waals surface area contributed by atoms with Gasteiger partial charge < -0.3 is 4.98 Å². The van der Waals surface area contributed by atoms with E-state index in [1.807, 2.05) is 24.3 Å². The Morgan fingerprint density at radius 3 is 1.37 bits per heavy atom. The number of para-hydroxylation sites is 2. The van der Waals surface area contributed by atoms with Crippen LogP contribution in [0.15, 0.2) is 43.0 Å². The Hall–Kier alpha value is -2.77. The number of aromatic nitrogens is 5. The highest BCUT2D eigenvalue weighted by Gasteiger charge is 2.45. The van der Waals surface area contributed by atoms with Gasteiger partial charge in [0.25, 0.3) is 0 Å². The minimum atomic E-state index is -5.84. The van der Waals surface area contributed by atoms with Crippen LogP contribution in [0.2, 0.25) is 0 Å². The Labute approximate surface area is 163 Å². The molecule has 4 N–H and O–H groups in total. The fourth-order valence-corrected chi connectivity index (χ4v) is 1.00. The third-order valence-corrected chi connectivity index (χ3v) is 3.38. The molecule has 0 radical (unpaired) electrons. The Bertz CT molecular complexity index is 990. The summed E-state index contributed by atoms with van der Waals surface area (Å²) in [5.74, 6) is 0. The molecule has 0 amide bonds. The Morgan fingerprint density at radius 1 is 0.800 bits per heavy atom. The second-order valence-corrected chi connectivity index (χ2v) is 7.24. The standard InChI is InChI=1S/C6H5N3.C3H4N2.2CHF3O3S/c1-2-4-6-5(3-1)7-9-8-6;1-2-5-3-4-1;2*2-1(3,4)8(5,6)7/h1-4H,(H,7,8,9);1-3H,(H,4,5);2*(H,5,6,7). The summed E-state index contributed by atoms with van der Waals surface area (Å²) >= 11 is 0. The van der Waals surface area contributed by atoms with Crippen LogP contribution in [0.1, 0.15) is 0 Å². The number of H-pyrrole nitrogens is 2. The fourth-order valence-electron chi connectivity index (χ4n) is 1.00. The van der Waals surface area contributed by atoms with Crippen LogP contribution in [0.5, 0.6) is 0 Å². The highest BCUT2D eigenvalue weighted by atomic mass is 32.2. The quantitative estimate of drug-likeness (QED) is 0.210. The number of nitrogens with zero attached hydrogens (tertiary/aromatic N) is 3. The van der Waals surface area contributed by atoms with Crippen LogP contribution in [-0.2, 0) is 20.2 Å². The van der Waals surface area contributed by atoms with Crippen molar-refractivity contribution in [1.29, 1.82) is 0 Å². The molecule has 0 aliphatic rings. The van der Waals surface area contributed by atoms with Gasteiger partial charge in [0.2, 0.25) is 0 Å². The molecule has 0 aliphatic carbocycles. The van der Waals surface area contributed by atoms with Gasteiger partial charge in [-0.1, -0.05) is 12.1 Å². The normalized spacial score (nSPS) is 11.9. The number of imidazole rings is 1. The SMILES string of the molecule is O=S(=O)(O)C(F)(F)F.O=S(=O)(O)C(F)(F)F.c1c[nH]cn1.c1ccc2n[nH]nc2c1. The monoisotopic (exact) mass is 487 g/mol. The van der Waals surface area contributed by atoms with E-state index in [4.69, 9.17) is 25.9 Å². The van der Waals surface area contributed by atoms with Gasteiger partial charge in [-0.2, -0.15) is 58.6 Å². The van der Waals surface area contributed by atoms with E-state index >= 15 is 0 Å². The van der Waals surface area contributed by atoms with Gasteiger partial charge in [0.05, 0.1) is 6.33 Å². The van der Waals surface area contributed by atoms with Crippen molar-refractivity contribution >= 4 is 31.3 Å². The molecule has 0 saturated heterocycles. The second kappa shape index (κ2) is 10.8. The van der Waals surface area contributed by atoms with E-state index in [2.05, 4.69) is 25.4 Å². The van der Waals surface area contributed by atoms with Crippen molar-refractivity contribution in [3.05, 3.63) is 43.0 Å². The summed E-state index contributed by atoms with van der Waals surface area (Å²) in [5.41, 5.74) is -9.24. The molecule has 1 aromatic carbocycles. The third-order valence-electron chi connectivity index (χ3n) is 2.21. The highest BCUT2D eigenvalue weighted by Crippen LogP contribution is 2.21. The van der Waals surface area contributed by atoms with Crippen molar-refractivity contribution in [3.63, 3.8) is 0 Å². The first-order valence-corrected chi connectivity index (χ1v) is 9.60. The number of fused-ring (bicyclic) bond motifs is 1. The number of halogens is 6. The minimum absolute atomic E-state index is 0.914. The predicted molar refractivity (Wildman–Crippen MR) is 87.7 cm³/mol. The molecule has 0 saturated carbocycles. The lowest BCUT2D eigenvalue weighted by Crippen LogP contribution is -2.21.